The minimum absolute atomic E-state index is 0.00481. The van der Waals surface area contributed by atoms with Crippen LogP contribution in [-0.2, 0) is 16.9 Å². The number of sulfone groups is 1. The van der Waals surface area contributed by atoms with Crippen LogP contribution in [0, 0.1) is 0 Å². The van der Waals surface area contributed by atoms with Crippen molar-refractivity contribution in [3.63, 3.8) is 0 Å². The fourth-order valence-electron chi connectivity index (χ4n) is 1.83. The average molecular weight is 288 g/mol. The second kappa shape index (κ2) is 4.00. The third-order valence-corrected chi connectivity index (χ3v) is 4.28. The SMILES string of the molecule is Cn1c(C(=O)O)cc2cc(Cl)c(S(C)(=O)=O)cc21. The van der Waals surface area contributed by atoms with E-state index in [0.29, 0.717) is 10.9 Å². The zero-order valence-electron chi connectivity index (χ0n) is 9.64. The molecule has 0 amide bonds. The van der Waals surface area contributed by atoms with Gasteiger partial charge in [0.2, 0.25) is 0 Å². The van der Waals surface area contributed by atoms with E-state index in [1.165, 1.54) is 22.8 Å². The van der Waals surface area contributed by atoms with E-state index in [1.54, 1.807) is 7.05 Å². The normalized spacial score (nSPS) is 11.9. The predicted octanol–water partition coefficient (Wildman–Crippen LogP) is 1.93. The minimum Gasteiger partial charge on any atom is -0.477 e. The van der Waals surface area contributed by atoms with Crippen LogP contribution in [0.15, 0.2) is 23.1 Å². The monoisotopic (exact) mass is 287 g/mol. The van der Waals surface area contributed by atoms with Crippen molar-refractivity contribution in [2.24, 2.45) is 7.05 Å². The Kier molecular flexibility index (Phi) is 2.87. The molecule has 0 radical (unpaired) electrons. The number of carboxylic acids is 1. The topological polar surface area (TPSA) is 76.4 Å². The molecule has 0 aliphatic carbocycles. The van der Waals surface area contributed by atoms with E-state index in [4.69, 9.17) is 16.7 Å². The molecule has 0 unspecified atom stereocenters. The summed E-state index contributed by atoms with van der Waals surface area (Å²) in [5.74, 6) is -1.08. The third kappa shape index (κ3) is 1.97. The number of aromatic nitrogens is 1. The van der Waals surface area contributed by atoms with Gasteiger partial charge in [0.25, 0.3) is 0 Å². The Balaban J connectivity index is 2.87. The maximum atomic E-state index is 11.5. The molecule has 1 N–H and O–H groups in total. The number of aromatic carboxylic acids is 1. The standard InChI is InChI=1S/C11H10ClNO4S/c1-13-8-5-10(18(2,16)17)7(12)3-6(8)4-9(13)11(14)15/h3-5H,1-2H3,(H,14,15). The summed E-state index contributed by atoms with van der Waals surface area (Å²) in [5, 5.41) is 9.67. The highest BCUT2D eigenvalue weighted by molar-refractivity contribution is 7.90. The van der Waals surface area contributed by atoms with E-state index in [2.05, 4.69) is 0 Å². The van der Waals surface area contributed by atoms with E-state index in [-0.39, 0.29) is 15.6 Å². The van der Waals surface area contributed by atoms with Gasteiger partial charge in [0.05, 0.1) is 9.92 Å². The quantitative estimate of drug-likeness (QED) is 0.916. The highest BCUT2D eigenvalue weighted by atomic mass is 35.5. The lowest BCUT2D eigenvalue weighted by Gasteiger charge is -2.04. The van der Waals surface area contributed by atoms with Gasteiger partial charge in [-0.25, -0.2) is 13.2 Å². The molecular formula is C11H10ClNO4S. The molecule has 0 fully saturated rings. The van der Waals surface area contributed by atoms with Crippen molar-refractivity contribution in [3.05, 3.63) is 28.9 Å². The Morgan fingerprint density at radius 2 is 1.94 bits per heavy atom. The molecule has 0 aliphatic heterocycles. The van der Waals surface area contributed by atoms with Gasteiger partial charge in [0, 0.05) is 24.2 Å². The minimum atomic E-state index is -3.45. The summed E-state index contributed by atoms with van der Waals surface area (Å²) in [6, 6.07) is 4.30. The number of halogens is 1. The second-order valence-electron chi connectivity index (χ2n) is 4.01. The molecule has 1 aromatic heterocycles. The lowest BCUT2D eigenvalue weighted by atomic mass is 10.2. The van der Waals surface area contributed by atoms with E-state index >= 15 is 0 Å². The summed E-state index contributed by atoms with van der Waals surface area (Å²) < 4.78 is 24.5. The van der Waals surface area contributed by atoms with Gasteiger partial charge in [0.15, 0.2) is 9.84 Å². The molecule has 18 heavy (non-hydrogen) atoms. The Labute approximate surface area is 109 Å². The first-order chi connectivity index (χ1) is 8.21. The van der Waals surface area contributed by atoms with Crippen molar-refractivity contribution < 1.29 is 18.3 Å². The van der Waals surface area contributed by atoms with Crippen molar-refractivity contribution in [1.82, 2.24) is 4.57 Å². The van der Waals surface area contributed by atoms with Gasteiger partial charge in [-0.1, -0.05) is 11.6 Å². The molecule has 0 saturated carbocycles. The Hall–Kier alpha value is -1.53. The molecule has 0 aliphatic rings. The molecule has 5 nitrogen and oxygen atoms in total. The van der Waals surface area contributed by atoms with Gasteiger partial charge >= 0.3 is 5.97 Å². The highest BCUT2D eigenvalue weighted by Crippen LogP contribution is 2.29. The van der Waals surface area contributed by atoms with Crippen LogP contribution in [0.3, 0.4) is 0 Å². The zero-order valence-corrected chi connectivity index (χ0v) is 11.2. The summed E-state index contributed by atoms with van der Waals surface area (Å²) >= 11 is 5.89. The average Bonchev–Trinajstić information content (AvgIpc) is 2.53. The summed E-state index contributed by atoms with van der Waals surface area (Å²) in [5.41, 5.74) is 0.587. The molecule has 7 heteroatoms. The number of rotatable bonds is 2. The first kappa shape index (κ1) is 12.9. The van der Waals surface area contributed by atoms with Gasteiger partial charge in [-0.05, 0) is 18.2 Å². The van der Waals surface area contributed by atoms with Crippen molar-refractivity contribution >= 4 is 38.3 Å². The van der Waals surface area contributed by atoms with Crippen molar-refractivity contribution in [2.45, 2.75) is 4.90 Å². The molecule has 2 rings (SSSR count). The molecular weight excluding hydrogens is 278 g/mol. The molecule has 2 aromatic rings. The van der Waals surface area contributed by atoms with Crippen molar-refractivity contribution in [3.8, 4) is 0 Å². The number of carboxylic acid groups (broad SMARTS) is 1. The summed E-state index contributed by atoms with van der Waals surface area (Å²) in [6.45, 7) is 0. The van der Waals surface area contributed by atoms with Crippen LogP contribution in [0.1, 0.15) is 10.5 Å². The Morgan fingerprint density at radius 3 is 2.44 bits per heavy atom. The van der Waals surface area contributed by atoms with Gasteiger partial charge in [-0.2, -0.15) is 0 Å². The number of hydrogen-bond acceptors (Lipinski definition) is 3. The fourth-order valence-corrected chi connectivity index (χ4v) is 3.16. The van der Waals surface area contributed by atoms with Crippen LogP contribution in [0.25, 0.3) is 10.9 Å². The molecule has 96 valence electrons. The maximum Gasteiger partial charge on any atom is 0.352 e. The van der Waals surface area contributed by atoms with E-state index in [9.17, 15) is 13.2 Å². The summed E-state index contributed by atoms with van der Waals surface area (Å²) in [7, 11) is -1.88. The van der Waals surface area contributed by atoms with Gasteiger partial charge in [-0.3, -0.25) is 0 Å². The lowest BCUT2D eigenvalue weighted by Crippen LogP contribution is -2.04. The predicted molar refractivity (Wildman–Crippen MR) is 68.0 cm³/mol. The van der Waals surface area contributed by atoms with Crippen molar-refractivity contribution in [1.29, 1.82) is 0 Å². The maximum absolute atomic E-state index is 11.5. The number of hydrogen-bond donors (Lipinski definition) is 1. The fraction of sp³-hybridized carbons (Fsp3) is 0.182. The number of fused-ring (bicyclic) bond motifs is 1. The van der Waals surface area contributed by atoms with E-state index in [0.717, 1.165) is 6.26 Å². The van der Waals surface area contributed by atoms with Gasteiger partial charge < -0.3 is 9.67 Å². The first-order valence-electron chi connectivity index (χ1n) is 4.94. The highest BCUT2D eigenvalue weighted by Gasteiger charge is 2.18. The first-order valence-corrected chi connectivity index (χ1v) is 7.21. The van der Waals surface area contributed by atoms with Crippen LogP contribution in [0.2, 0.25) is 5.02 Å². The summed E-state index contributed by atoms with van der Waals surface area (Å²) in [6.07, 6.45) is 1.06. The van der Waals surface area contributed by atoms with Gasteiger partial charge in [-0.15, -0.1) is 0 Å². The number of carbonyl (C=O) groups is 1. The van der Waals surface area contributed by atoms with Crippen LogP contribution >= 0.6 is 11.6 Å². The molecule has 0 spiro atoms. The number of aryl methyl sites for hydroxylation is 1. The largest absolute Gasteiger partial charge is 0.477 e. The summed E-state index contributed by atoms with van der Waals surface area (Å²) in [4.78, 5) is 11.0. The van der Waals surface area contributed by atoms with E-state index < -0.39 is 15.8 Å². The smallest absolute Gasteiger partial charge is 0.352 e. The van der Waals surface area contributed by atoms with Crippen LogP contribution in [0.5, 0.6) is 0 Å². The molecule has 0 bridgehead atoms. The molecule has 1 heterocycles. The van der Waals surface area contributed by atoms with Crippen LogP contribution in [0.4, 0.5) is 0 Å². The van der Waals surface area contributed by atoms with Crippen LogP contribution in [-0.4, -0.2) is 30.3 Å². The van der Waals surface area contributed by atoms with Crippen molar-refractivity contribution in [2.75, 3.05) is 6.26 Å². The number of benzene rings is 1. The number of nitrogens with zero attached hydrogens (tertiary/aromatic N) is 1. The Morgan fingerprint density at radius 1 is 1.33 bits per heavy atom. The lowest BCUT2D eigenvalue weighted by molar-refractivity contribution is 0.0687. The van der Waals surface area contributed by atoms with E-state index in [1.807, 2.05) is 0 Å². The second-order valence-corrected chi connectivity index (χ2v) is 6.40. The van der Waals surface area contributed by atoms with Crippen LogP contribution < -0.4 is 0 Å². The van der Waals surface area contributed by atoms with Gasteiger partial charge in [0.1, 0.15) is 5.69 Å². The molecule has 0 atom stereocenters. The Bertz CT molecular complexity index is 761. The third-order valence-electron chi connectivity index (χ3n) is 2.71. The zero-order chi connectivity index (χ0) is 13.7. The molecule has 0 saturated heterocycles. The molecule has 1 aromatic carbocycles.